The fourth-order valence-electron chi connectivity index (χ4n) is 1.26. The van der Waals surface area contributed by atoms with Crippen molar-refractivity contribution in [1.82, 2.24) is 0 Å². The summed E-state index contributed by atoms with van der Waals surface area (Å²) < 4.78 is 4.91. The van der Waals surface area contributed by atoms with Crippen molar-refractivity contribution in [3.05, 3.63) is 39.4 Å². The molecule has 5 heteroatoms. The SMILES string of the molecule is CCCOC(=O)c1cc(C)cc([N+](=O)[O-])c1. The normalized spacial score (nSPS) is 9.88. The number of nitrogens with zero attached hydrogens (tertiary/aromatic N) is 1. The van der Waals surface area contributed by atoms with Gasteiger partial charge in [-0.25, -0.2) is 4.79 Å². The quantitative estimate of drug-likeness (QED) is 0.446. The van der Waals surface area contributed by atoms with Gasteiger partial charge in [-0.05, 0) is 25.0 Å². The average molecular weight is 223 g/mol. The predicted octanol–water partition coefficient (Wildman–Crippen LogP) is 2.47. The van der Waals surface area contributed by atoms with Gasteiger partial charge in [0.2, 0.25) is 0 Å². The standard InChI is InChI=1S/C11H13NO4/c1-3-4-16-11(13)9-5-8(2)6-10(7-9)12(14)15/h5-7H,3-4H2,1-2H3. The van der Waals surface area contributed by atoms with E-state index in [1.165, 1.54) is 12.1 Å². The van der Waals surface area contributed by atoms with Crippen LogP contribution in [0.3, 0.4) is 0 Å². The Morgan fingerprint density at radius 1 is 1.44 bits per heavy atom. The van der Waals surface area contributed by atoms with Gasteiger partial charge in [-0.2, -0.15) is 0 Å². The second-order valence-electron chi connectivity index (χ2n) is 3.45. The van der Waals surface area contributed by atoms with Crippen LogP contribution in [-0.2, 0) is 4.74 Å². The van der Waals surface area contributed by atoms with Crippen molar-refractivity contribution in [3.63, 3.8) is 0 Å². The van der Waals surface area contributed by atoms with Crippen molar-refractivity contribution < 1.29 is 14.5 Å². The van der Waals surface area contributed by atoms with Crippen LogP contribution in [0.5, 0.6) is 0 Å². The van der Waals surface area contributed by atoms with Crippen molar-refractivity contribution >= 4 is 11.7 Å². The Hall–Kier alpha value is -1.91. The largest absolute Gasteiger partial charge is 0.462 e. The Bertz CT molecular complexity index is 414. The number of ether oxygens (including phenoxy) is 1. The Labute approximate surface area is 93.2 Å². The van der Waals surface area contributed by atoms with Crippen molar-refractivity contribution in [2.24, 2.45) is 0 Å². The highest BCUT2D eigenvalue weighted by Crippen LogP contribution is 2.17. The highest BCUT2D eigenvalue weighted by atomic mass is 16.6. The molecular formula is C11H13NO4. The van der Waals surface area contributed by atoms with E-state index in [1.54, 1.807) is 13.0 Å². The first-order valence-corrected chi connectivity index (χ1v) is 4.97. The first-order chi connectivity index (χ1) is 7.54. The summed E-state index contributed by atoms with van der Waals surface area (Å²) >= 11 is 0. The Balaban J connectivity index is 2.95. The van der Waals surface area contributed by atoms with Gasteiger partial charge < -0.3 is 4.74 Å². The zero-order valence-corrected chi connectivity index (χ0v) is 9.23. The maximum absolute atomic E-state index is 11.5. The molecule has 0 spiro atoms. The van der Waals surface area contributed by atoms with E-state index >= 15 is 0 Å². The van der Waals surface area contributed by atoms with Crippen LogP contribution in [-0.4, -0.2) is 17.5 Å². The zero-order chi connectivity index (χ0) is 12.1. The Kier molecular flexibility index (Phi) is 3.99. The van der Waals surface area contributed by atoms with Crippen LogP contribution in [0.15, 0.2) is 18.2 Å². The van der Waals surface area contributed by atoms with Crippen LogP contribution >= 0.6 is 0 Å². The minimum absolute atomic E-state index is 0.0940. The van der Waals surface area contributed by atoms with E-state index in [2.05, 4.69) is 0 Å². The summed E-state index contributed by atoms with van der Waals surface area (Å²) in [4.78, 5) is 21.6. The first kappa shape index (κ1) is 12.2. The van der Waals surface area contributed by atoms with Gasteiger partial charge in [0.15, 0.2) is 0 Å². The van der Waals surface area contributed by atoms with Crippen LogP contribution in [0, 0.1) is 17.0 Å². The summed E-state index contributed by atoms with van der Waals surface area (Å²) in [7, 11) is 0. The number of aryl methyl sites for hydroxylation is 1. The second-order valence-corrected chi connectivity index (χ2v) is 3.45. The molecule has 0 aliphatic heterocycles. The van der Waals surface area contributed by atoms with Crippen LogP contribution in [0.4, 0.5) is 5.69 Å². The molecule has 1 aromatic rings. The summed E-state index contributed by atoms with van der Waals surface area (Å²) in [5, 5.41) is 10.6. The number of hydrogen-bond donors (Lipinski definition) is 0. The highest BCUT2D eigenvalue weighted by Gasteiger charge is 2.13. The van der Waals surface area contributed by atoms with E-state index in [-0.39, 0.29) is 11.3 Å². The third-order valence-corrected chi connectivity index (χ3v) is 1.95. The van der Waals surface area contributed by atoms with Gasteiger partial charge >= 0.3 is 5.97 Å². The molecule has 0 N–H and O–H groups in total. The molecule has 0 aliphatic carbocycles. The fourth-order valence-corrected chi connectivity index (χ4v) is 1.26. The third kappa shape index (κ3) is 3.05. The average Bonchev–Trinajstić information content (AvgIpc) is 2.24. The first-order valence-electron chi connectivity index (χ1n) is 4.97. The van der Waals surface area contributed by atoms with E-state index in [4.69, 9.17) is 4.74 Å². The lowest BCUT2D eigenvalue weighted by Crippen LogP contribution is -2.06. The van der Waals surface area contributed by atoms with Gasteiger partial charge in [0, 0.05) is 12.1 Å². The van der Waals surface area contributed by atoms with E-state index < -0.39 is 10.9 Å². The van der Waals surface area contributed by atoms with Crippen LogP contribution in [0.1, 0.15) is 29.3 Å². The number of rotatable bonds is 4. The molecule has 16 heavy (non-hydrogen) atoms. The zero-order valence-electron chi connectivity index (χ0n) is 9.23. The molecule has 0 heterocycles. The van der Waals surface area contributed by atoms with E-state index in [9.17, 15) is 14.9 Å². The molecule has 0 atom stereocenters. The second kappa shape index (κ2) is 5.25. The van der Waals surface area contributed by atoms with E-state index in [0.29, 0.717) is 12.2 Å². The summed E-state index contributed by atoms with van der Waals surface area (Å²) in [5.41, 5.74) is 0.793. The molecule has 0 unspecified atom stereocenters. The van der Waals surface area contributed by atoms with Crippen LogP contribution in [0.2, 0.25) is 0 Å². The topological polar surface area (TPSA) is 69.4 Å². The summed E-state index contributed by atoms with van der Waals surface area (Å²) in [6.07, 6.45) is 0.722. The predicted molar refractivity (Wildman–Crippen MR) is 58.4 cm³/mol. The summed E-state index contributed by atoms with van der Waals surface area (Å²) in [5.74, 6) is -0.520. The van der Waals surface area contributed by atoms with Crippen molar-refractivity contribution in [1.29, 1.82) is 0 Å². The molecule has 0 aromatic heterocycles. The fraction of sp³-hybridized carbons (Fsp3) is 0.364. The molecule has 86 valence electrons. The lowest BCUT2D eigenvalue weighted by atomic mass is 10.1. The number of benzene rings is 1. The molecule has 0 radical (unpaired) electrons. The summed E-state index contributed by atoms with van der Waals surface area (Å²) in [6.45, 7) is 3.90. The van der Waals surface area contributed by atoms with Gasteiger partial charge in [-0.1, -0.05) is 6.92 Å². The number of nitro benzene ring substituents is 1. The van der Waals surface area contributed by atoms with Crippen LogP contribution in [0.25, 0.3) is 0 Å². The molecule has 0 amide bonds. The number of hydrogen-bond acceptors (Lipinski definition) is 4. The summed E-state index contributed by atoms with van der Waals surface area (Å²) in [6, 6.07) is 4.21. The maximum Gasteiger partial charge on any atom is 0.338 e. The lowest BCUT2D eigenvalue weighted by molar-refractivity contribution is -0.384. The molecule has 0 saturated carbocycles. The number of nitro groups is 1. The van der Waals surface area contributed by atoms with Gasteiger partial charge in [0.25, 0.3) is 5.69 Å². The molecule has 0 aliphatic rings. The van der Waals surface area contributed by atoms with Crippen molar-refractivity contribution in [2.45, 2.75) is 20.3 Å². The van der Waals surface area contributed by atoms with Gasteiger partial charge in [0.05, 0.1) is 17.1 Å². The molecule has 0 fully saturated rings. The Morgan fingerprint density at radius 3 is 2.69 bits per heavy atom. The van der Waals surface area contributed by atoms with Gasteiger partial charge in [-0.3, -0.25) is 10.1 Å². The number of carbonyl (C=O) groups excluding carboxylic acids is 1. The van der Waals surface area contributed by atoms with Crippen LogP contribution < -0.4 is 0 Å². The Morgan fingerprint density at radius 2 is 2.12 bits per heavy atom. The maximum atomic E-state index is 11.5. The lowest BCUT2D eigenvalue weighted by Gasteiger charge is -2.03. The molecule has 0 bridgehead atoms. The number of esters is 1. The monoisotopic (exact) mass is 223 g/mol. The molecule has 5 nitrogen and oxygen atoms in total. The highest BCUT2D eigenvalue weighted by molar-refractivity contribution is 5.90. The third-order valence-electron chi connectivity index (χ3n) is 1.95. The van der Waals surface area contributed by atoms with E-state index in [0.717, 1.165) is 6.42 Å². The minimum atomic E-state index is -0.524. The number of carbonyl (C=O) groups is 1. The van der Waals surface area contributed by atoms with Gasteiger partial charge in [-0.15, -0.1) is 0 Å². The smallest absolute Gasteiger partial charge is 0.338 e. The molecular weight excluding hydrogens is 210 g/mol. The molecule has 0 saturated heterocycles. The minimum Gasteiger partial charge on any atom is -0.462 e. The van der Waals surface area contributed by atoms with E-state index in [1.807, 2.05) is 6.92 Å². The van der Waals surface area contributed by atoms with Crippen molar-refractivity contribution in [3.8, 4) is 0 Å². The molecule has 1 rings (SSSR count). The van der Waals surface area contributed by atoms with Gasteiger partial charge in [0.1, 0.15) is 0 Å². The molecule has 1 aromatic carbocycles. The van der Waals surface area contributed by atoms with Crippen molar-refractivity contribution in [2.75, 3.05) is 6.61 Å². The number of non-ortho nitro benzene ring substituents is 1.